The van der Waals surface area contributed by atoms with Crippen LogP contribution in [-0.4, -0.2) is 35.6 Å². The monoisotopic (exact) mass is 311 g/mol. The summed E-state index contributed by atoms with van der Waals surface area (Å²) in [5.41, 5.74) is -0.334. The maximum atomic E-state index is 12.0. The number of amides is 2. The molecule has 0 spiro atoms. The number of nitro benzene ring substituents is 1. The van der Waals surface area contributed by atoms with E-state index in [9.17, 15) is 19.7 Å². The van der Waals surface area contributed by atoms with E-state index >= 15 is 0 Å². The predicted octanol–water partition coefficient (Wildman–Crippen LogP) is 1.57. The number of thioether (sulfide) groups is 1. The van der Waals surface area contributed by atoms with E-state index in [1.54, 1.807) is 26.2 Å². The fraction of sp³-hybridized carbons (Fsp3) is 0.385. The molecule has 1 rings (SSSR count). The predicted molar refractivity (Wildman–Crippen MR) is 80.5 cm³/mol. The number of hydrogen-bond acceptors (Lipinski definition) is 5. The number of benzene rings is 1. The molecule has 0 fully saturated rings. The van der Waals surface area contributed by atoms with Gasteiger partial charge < -0.3 is 10.6 Å². The van der Waals surface area contributed by atoms with Crippen LogP contribution in [0.15, 0.2) is 23.1 Å². The zero-order chi connectivity index (χ0) is 16.0. The van der Waals surface area contributed by atoms with Crippen LogP contribution in [-0.2, 0) is 4.79 Å². The van der Waals surface area contributed by atoms with E-state index in [2.05, 4.69) is 10.6 Å². The lowest BCUT2D eigenvalue weighted by Crippen LogP contribution is -2.39. The minimum Gasteiger partial charge on any atom is -0.352 e. The van der Waals surface area contributed by atoms with Crippen molar-refractivity contribution in [2.45, 2.75) is 24.8 Å². The van der Waals surface area contributed by atoms with Gasteiger partial charge in [-0.15, -0.1) is 11.8 Å². The summed E-state index contributed by atoms with van der Waals surface area (Å²) in [7, 11) is 0. The number of hydrogen-bond donors (Lipinski definition) is 2. The van der Waals surface area contributed by atoms with Crippen molar-refractivity contribution in [1.29, 1.82) is 0 Å². The third kappa shape index (κ3) is 5.07. The van der Waals surface area contributed by atoms with Crippen molar-refractivity contribution < 1.29 is 14.5 Å². The van der Waals surface area contributed by atoms with Crippen molar-refractivity contribution in [2.24, 2.45) is 0 Å². The number of rotatable bonds is 6. The Labute approximate surface area is 126 Å². The van der Waals surface area contributed by atoms with Crippen LogP contribution in [0, 0.1) is 10.1 Å². The SMILES string of the molecule is CSc1ccc([N+](=O)[O-])c(C(=O)NCC(=O)NC(C)C)c1. The molecule has 1 aromatic carbocycles. The van der Waals surface area contributed by atoms with Crippen LogP contribution < -0.4 is 10.6 Å². The van der Waals surface area contributed by atoms with Gasteiger partial charge in [-0.05, 0) is 32.2 Å². The lowest BCUT2D eigenvalue weighted by molar-refractivity contribution is -0.385. The molecule has 0 bridgehead atoms. The standard InChI is InChI=1S/C13H17N3O4S/c1-8(2)15-12(17)7-14-13(18)10-6-9(21-3)4-5-11(10)16(19)20/h4-6,8H,7H2,1-3H3,(H,14,18)(H,15,17). The Balaban J connectivity index is 2.85. The molecule has 1 aromatic rings. The fourth-order valence-electron chi connectivity index (χ4n) is 1.61. The van der Waals surface area contributed by atoms with E-state index in [4.69, 9.17) is 0 Å². The van der Waals surface area contributed by atoms with Gasteiger partial charge in [0.2, 0.25) is 5.91 Å². The van der Waals surface area contributed by atoms with Crippen LogP contribution in [0.4, 0.5) is 5.69 Å². The summed E-state index contributed by atoms with van der Waals surface area (Å²) in [6, 6.07) is 4.27. The molecule has 2 N–H and O–H groups in total. The molecule has 0 aliphatic heterocycles. The zero-order valence-corrected chi connectivity index (χ0v) is 12.8. The van der Waals surface area contributed by atoms with Crippen LogP contribution in [0.3, 0.4) is 0 Å². The van der Waals surface area contributed by atoms with Gasteiger partial charge in [0.25, 0.3) is 11.6 Å². The van der Waals surface area contributed by atoms with Crippen molar-refractivity contribution in [2.75, 3.05) is 12.8 Å². The Kier molecular flexibility index (Phi) is 6.16. The molecule has 0 aliphatic rings. The first-order valence-corrected chi connectivity index (χ1v) is 7.47. The fourth-order valence-corrected chi connectivity index (χ4v) is 2.05. The summed E-state index contributed by atoms with van der Waals surface area (Å²) >= 11 is 1.37. The smallest absolute Gasteiger partial charge is 0.282 e. The van der Waals surface area contributed by atoms with Gasteiger partial charge in [-0.2, -0.15) is 0 Å². The number of carbonyl (C=O) groups is 2. The van der Waals surface area contributed by atoms with Crippen molar-refractivity contribution in [3.05, 3.63) is 33.9 Å². The lowest BCUT2D eigenvalue weighted by Gasteiger charge is -2.10. The van der Waals surface area contributed by atoms with E-state index in [1.165, 1.54) is 23.9 Å². The molecule has 0 aromatic heterocycles. The summed E-state index contributed by atoms with van der Waals surface area (Å²) in [5.74, 6) is -0.987. The topological polar surface area (TPSA) is 101 Å². The van der Waals surface area contributed by atoms with E-state index in [1.807, 2.05) is 0 Å². The van der Waals surface area contributed by atoms with Crippen molar-refractivity contribution >= 4 is 29.3 Å². The molecule has 114 valence electrons. The summed E-state index contributed by atoms with van der Waals surface area (Å²) in [4.78, 5) is 34.6. The van der Waals surface area contributed by atoms with Crippen LogP contribution in [0.1, 0.15) is 24.2 Å². The minimum atomic E-state index is -0.642. The largest absolute Gasteiger partial charge is 0.352 e. The van der Waals surface area contributed by atoms with Gasteiger partial charge in [0.15, 0.2) is 0 Å². The zero-order valence-electron chi connectivity index (χ0n) is 12.0. The second-order valence-electron chi connectivity index (χ2n) is 4.55. The minimum absolute atomic E-state index is 0.0384. The highest BCUT2D eigenvalue weighted by Gasteiger charge is 2.21. The second-order valence-corrected chi connectivity index (χ2v) is 5.42. The molecule has 0 unspecified atom stereocenters. The summed E-state index contributed by atoms with van der Waals surface area (Å²) in [6.45, 7) is 3.37. The molecule has 7 nitrogen and oxygen atoms in total. The maximum Gasteiger partial charge on any atom is 0.282 e. The summed E-state index contributed by atoms with van der Waals surface area (Å²) in [6.07, 6.45) is 1.80. The van der Waals surface area contributed by atoms with Gasteiger partial charge in [0.1, 0.15) is 5.56 Å². The first kappa shape index (κ1) is 17.0. The highest BCUT2D eigenvalue weighted by atomic mass is 32.2. The maximum absolute atomic E-state index is 12.0. The Morgan fingerprint density at radius 1 is 1.38 bits per heavy atom. The van der Waals surface area contributed by atoms with E-state index in [-0.39, 0.29) is 29.7 Å². The van der Waals surface area contributed by atoms with E-state index < -0.39 is 10.8 Å². The molecule has 0 saturated heterocycles. The Hall–Kier alpha value is -2.09. The van der Waals surface area contributed by atoms with Crippen LogP contribution in [0.25, 0.3) is 0 Å². The van der Waals surface area contributed by atoms with Gasteiger partial charge in [-0.25, -0.2) is 0 Å². The molecule has 0 heterocycles. The molecule has 0 aliphatic carbocycles. The summed E-state index contributed by atoms with van der Waals surface area (Å²) < 4.78 is 0. The molecule has 0 radical (unpaired) electrons. The highest BCUT2D eigenvalue weighted by molar-refractivity contribution is 7.98. The van der Waals surface area contributed by atoms with Gasteiger partial charge in [-0.1, -0.05) is 0 Å². The Morgan fingerprint density at radius 2 is 2.05 bits per heavy atom. The van der Waals surface area contributed by atoms with Crippen molar-refractivity contribution in [1.82, 2.24) is 10.6 Å². The Morgan fingerprint density at radius 3 is 2.57 bits per heavy atom. The molecule has 8 heteroatoms. The quantitative estimate of drug-likeness (QED) is 0.472. The van der Waals surface area contributed by atoms with Gasteiger partial charge in [-0.3, -0.25) is 19.7 Å². The number of nitrogens with one attached hydrogen (secondary N) is 2. The van der Waals surface area contributed by atoms with Crippen LogP contribution >= 0.6 is 11.8 Å². The van der Waals surface area contributed by atoms with Gasteiger partial charge in [0, 0.05) is 17.0 Å². The summed E-state index contributed by atoms with van der Waals surface area (Å²) in [5, 5.41) is 16.0. The average Bonchev–Trinajstić information content (AvgIpc) is 2.43. The normalized spacial score (nSPS) is 10.3. The van der Waals surface area contributed by atoms with Crippen LogP contribution in [0.2, 0.25) is 0 Å². The molecule has 21 heavy (non-hydrogen) atoms. The van der Waals surface area contributed by atoms with E-state index in [0.29, 0.717) is 0 Å². The molecular weight excluding hydrogens is 294 g/mol. The third-order valence-electron chi connectivity index (χ3n) is 2.50. The lowest BCUT2D eigenvalue weighted by atomic mass is 10.1. The number of nitrogens with zero attached hydrogens (tertiary/aromatic N) is 1. The van der Waals surface area contributed by atoms with Crippen molar-refractivity contribution in [3.63, 3.8) is 0 Å². The average molecular weight is 311 g/mol. The highest BCUT2D eigenvalue weighted by Crippen LogP contribution is 2.24. The Bertz CT molecular complexity index is 560. The molecular formula is C13H17N3O4S. The van der Waals surface area contributed by atoms with E-state index in [0.717, 1.165) is 4.90 Å². The van der Waals surface area contributed by atoms with Crippen molar-refractivity contribution in [3.8, 4) is 0 Å². The van der Waals surface area contributed by atoms with Gasteiger partial charge >= 0.3 is 0 Å². The molecule has 0 atom stereocenters. The molecule has 0 saturated carbocycles. The van der Waals surface area contributed by atoms with Crippen LogP contribution in [0.5, 0.6) is 0 Å². The first-order valence-electron chi connectivity index (χ1n) is 6.25. The number of nitro groups is 1. The third-order valence-corrected chi connectivity index (χ3v) is 3.23. The van der Waals surface area contributed by atoms with Gasteiger partial charge in [0.05, 0.1) is 11.5 Å². The first-order chi connectivity index (χ1) is 9.85. The number of carbonyl (C=O) groups excluding carboxylic acids is 2. The second kappa shape index (κ2) is 7.63. The molecule has 2 amide bonds.